The van der Waals surface area contributed by atoms with Crippen LogP contribution < -0.4 is 4.90 Å². The van der Waals surface area contributed by atoms with Crippen molar-refractivity contribution in [2.75, 3.05) is 38.7 Å². The van der Waals surface area contributed by atoms with Crippen LogP contribution in [0.3, 0.4) is 0 Å². The van der Waals surface area contributed by atoms with Gasteiger partial charge in [0.2, 0.25) is 5.95 Å². The molecule has 2 aromatic heterocycles. The van der Waals surface area contributed by atoms with E-state index in [4.69, 9.17) is 9.72 Å². The molecule has 162 valence electrons. The summed E-state index contributed by atoms with van der Waals surface area (Å²) in [5.41, 5.74) is 2.74. The van der Waals surface area contributed by atoms with Crippen molar-refractivity contribution in [2.45, 2.75) is 20.0 Å². The van der Waals surface area contributed by atoms with Crippen LogP contribution in [0.2, 0.25) is 0 Å². The molecule has 9 heteroatoms. The number of ether oxygens (including phenoxy) is 1. The number of anilines is 1. The van der Waals surface area contributed by atoms with Gasteiger partial charge in [-0.2, -0.15) is 0 Å². The molecule has 1 aromatic carbocycles. The van der Waals surface area contributed by atoms with Gasteiger partial charge in [0.1, 0.15) is 16.8 Å². The number of carbonyl (C=O) groups is 1. The molecule has 4 rings (SSSR count). The Hall–Kier alpha value is -2.91. The summed E-state index contributed by atoms with van der Waals surface area (Å²) in [6.45, 7) is 4.97. The summed E-state index contributed by atoms with van der Waals surface area (Å²) in [5.74, 6) is 0.138. The Morgan fingerprint density at radius 2 is 2.10 bits per heavy atom. The monoisotopic (exact) mass is 441 g/mol. The molecule has 0 saturated carbocycles. The summed E-state index contributed by atoms with van der Waals surface area (Å²) >= 11 is 1.40. The van der Waals surface area contributed by atoms with Crippen LogP contribution in [0.1, 0.15) is 32.2 Å². The maximum absolute atomic E-state index is 13.9. The van der Waals surface area contributed by atoms with Crippen LogP contribution in [-0.2, 0) is 4.74 Å². The first-order valence-electron chi connectivity index (χ1n) is 9.98. The molecule has 1 aliphatic heterocycles. The van der Waals surface area contributed by atoms with Gasteiger partial charge in [-0.1, -0.05) is 12.1 Å². The Balaban J connectivity index is 1.69. The first-order valence-corrected chi connectivity index (χ1v) is 10.8. The van der Waals surface area contributed by atoms with Crippen LogP contribution in [0.15, 0.2) is 30.5 Å². The standard InChI is InChI=1S/C22H24FN5O2S/c1-13-20(31-14(2)25-13)21(29)28-8-9-30-18(12-28)19-17(11-24-22(26-19)27(3)4)15-6-5-7-16(23)10-15/h5-7,10-11,18H,8-9,12H2,1-4H3/t18-/m0/s1. The Bertz CT molecular complexity index is 1120. The summed E-state index contributed by atoms with van der Waals surface area (Å²) in [4.78, 5) is 30.9. The Labute approximate surface area is 184 Å². The zero-order chi connectivity index (χ0) is 22.1. The highest BCUT2D eigenvalue weighted by molar-refractivity contribution is 7.13. The summed E-state index contributed by atoms with van der Waals surface area (Å²) in [6.07, 6.45) is 1.24. The first kappa shape index (κ1) is 21.3. The van der Waals surface area contributed by atoms with Gasteiger partial charge in [0.15, 0.2) is 0 Å². The van der Waals surface area contributed by atoms with Gasteiger partial charge in [0, 0.05) is 32.4 Å². The molecule has 3 heterocycles. The van der Waals surface area contributed by atoms with Gasteiger partial charge in [-0.3, -0.25) is 4.79 Å². The number of benzene rings is 1. The number of carbonyl (C=O) groups excluding carboxylic acids is 1. The molecular weight excluding hydrogens is 417 g/mol. The third kappa shape index (κ3) is 4.42. The normalized spacial score (nSPS) is 16.4. The predicted octanol–water partition coefficient (Wildman–Crippen LogP) is 3.64. The van der Waals surface area contributed by atoms with E-state index < -0.39 is 6.10 Å². The Morgan fingerprint density at radius 3 is 2.77 bits per heavy atom. The summed E-state index contributed by atoms with van der Waals surface area (Å²) in [7, 11) is 3.71. The lowest BCUT2D eigenvalue weighted by atomic mass is 10.0. The zero-order valence-corrected chi connectivity index (χ0v) is 18.7. The molecule has 0 N–H and O–H groups in total. The van der Waals surface area contributed by atoms with E-state index in [1.165, 1.54) is 23.5 Å². The van der Waals surface area contributed by atoms with Crippen molar-refractivity contribution < 1.29 is 13.9 Å². The molecule has 3 aromatic rings. The van der Waals surface area contributed by atoms with Crippen molar-refractivity contribution in [1.82, 2.24) is 19.9 Å². The molecular formula is C22H24FN5O2S. The molecule has 0 aliphatic carbocycles. The highest BCUT2D eigenvalue weighted by Gasteiger charge is 2.31. The van der Waals surface area contributed by atoms with Crippen molar-refractivity contribution in [1.29, 1.82) is 0 Å². The number of nitrogens with zero attached hydrogens (tertiary/aromatic N) is 5. The van der Waals surface area contributed by atoms with Crippen LogP contribution in [0.25, 0.3) is 11.1 Å². The molecule has 0 radical (unpaired) electrons. The molecule has 1 atom stereocenters. The van der Waals surface area contributed by atoms with Crippen molar-refractivity contribution in [3.8, 4) is 11.1 Å². The quantitative estimate of drug-likeness (QED) is 0.616. The molecule has 1 amide bonds. The zero-order valence-electron chi connectivity index (χ0n) is 17.9. The average Bonchev–Trinajstić information content (AvgIpc) is 3.10. The minimum Gasteiger partial charge on any atom is -0.368 e. The SMILES string of the molecule is Cc1nc(C)c(C(=O)N2CCO[C@H](c3nc(N(C)C)ncc3-c3cccc(F)c3)C2)s1. The van der Waals surface area contributed by atoms with E-state index >= 15 is 0 Å². The second kappa shape index (κ2) is 8.68. The van der Waals surface area contributed by atoms with Crippen LogP contribution in [0, 0.1) is 19.7 Å². The van der Waals surface area contributed by atoms with Gasteiger partial charge in [0.05, 0.1) is 29.5 Å². The van der Waals surface area contributed by atoms with E-state index in [0.29, 0.717) is 47.3 Å². The lowest BCUT2D eigenvalue weighted by molar-refractivity contribution is -0.0243. The molecule has 31 heavy (non-hydrogen) atoms. The van der Waals surface area contributed by atoms with Gasteiger partial charge in [-0.25, -0.2) is 19.3 Å². The summed E-state index contributed by atoms with van der Waals surface area (Å²) in [5, 5.41) is 0.866. The summed E-state index contributed by atoms with van der Waals surface area (Å²) < 4.78 is 19.9. The van der Waals surface area contributed by atoms with Gasteiger partial charge < -0.3 is 14.5 Å². The maximum atomic E-state index is 13.9. The topological polar surface area (TPSA) is 71.5 Å². The maximum Gasteiger partial charge on any atom is 0.266 e. The molecule has 0 spiro atoms. The van der Waals surface area contributed by atoms with E-state index in [0.717, 1.165) is 10.7 Å². The highest BCUT2D eigenvalue weighted by atomic mass is 32.1. The number of thiazole rings is 1. The molecule has 1 aliphatic rings. The Morgan fingerprint density at radius 1 is 1.29 bits per heavy atom. The molecule has 0 bridgehead atoms. The number of amides is 1. The third-order valence-electron chi connectivity index (χ3n) is 5.10. The van der Waals surface area contributed by atoms with Gasteiger partial charge >= 0.3 is 0 Å². The van der Waals surface area contributed by atoms with Crippen molar-refractivity contribution >= 4 is 23.2 Å². The fraction of sp³-hybridized carbons (Fsp3) is 0.364. The molecule has 1 fully saturated rings. The smallest absolute Gasteiger partial charge is 0.266 e. The minimum atomic E-state index is -0.452. The second-order valence-corrected chi connectivity index (χ2v) is 8.83. The highest BCUT2D eigenvalue weighted by Crippen LogP contribution is 2.32. The number of rotatable bonds is 4. The lowest BCUT2D eigenvalue weighted by Gasteiger charge is -2.33. The molecule has 1 saturated heterocycles. The lowest BCUT2D eigenvalue weighted by Crippen LogP contribution is -2.42. The largest absolute Gasteiger partial charge is 0.368 e. The van der Waals surface area contributed by atoms with Gasteiger partial charge in [-0.05, 0) is 31.5 Å². The first-order chi connectivity index (χ1) is 14.8. The van der Waals surface area contributed by atoms with Crippen molar-refractivity contribution in [3.63, 3.8) is 0 Å². The van der Waals surface area contributed by atoms with Crippen LogP contribution in [0.4, 0.5) is 10.3 Å². The fourth-order valence-electron chi connectivity index (χ4n) is 3.60. The van der Waals surface area contributed by atoms with E-state index in [1.54, 1.807) is 22.1 Å². The van der Waals surface area contributed by atoms with E-state index in [1.807, 2.05) is 34.0 Å². The van der Waals surface area contributed by atoms with Crippen LogP contribution in [0.5, 0.6) is 0 Å². The number of aryl methyl sites for hydroxylation is 2. The predicted molar refractivity (Wildman–Crippen MR) is 118 cm³/mol. The molecule has 7 nitrogen and oxygen atoms in total. The fourth-order valence-corrected chi connectivity index (χ4v) is 4.48. The van der Waals surface area contributed by atoms with Crippen LogP contribution >= 0.6 is 11.3 Å². The number of morpholine rings is 1. The second-order valence-electron chi connectivity index (χ2n) is 7.63. The van der Waals surface area contributed by atoms with Gasteiger partial charge in [-0.15, -0.1) is 11.3 Å². The third-order valence-corrected chi connectivity index (χ3v) is 6.16. The van der Waals surface area contributed by atoms with E-state index in [-0.39, 0.29) is 11.7 Å². The van der Waals surface area contributed by atoms with Crippen LogP contribution in [-0.4, -0.2) is 59.6 Å². The van der Waals surface area contributed by atoms with E-state index in [2.05, 4.69) is 9.97 Å². The minimum absolute atomic E-state index is 0.0504. The van der Waals surface area contributed by atoms with Gasteiger partial charge in [0.25, 0.3) is 5.91 Å². The molecule has 0 unspecified atom stereocenters. The number of aromatic nitrogens is 3. The number of hydrogen-bond donors (Lipinski definition) is 0. The van der Waals surface area contributed by atoms with Crippen molar-refractivity contribution in [3.05, 3.63) is 57.6 Å². The Kier molecular flexibility index (Phi) is 5.97. The number of hydrogen-bond acceptors (Lipinski definition) is 7. The summed E-state index contributed by atoms with van der Waals surface area (Å²) in [6, 6.07) is 6.32. The van der Waals surface area contributed by atoms with Crippen molar-refractivity contribution in [2.24, 2.45) is 0 Å². The average molecular weight is 442 g/mol. The van der Waals surface area contributed by atoms with E-state index in [9.17, 15) is 9.18 Å². The number of halogens is 1.